The predicted octanol–water partition coefficient (Wildman–Crippen LogP) is 5.41. The quantitative estimate of drug-likeness (QED) is 0.237. The minimum absolute atomic E-state index is 0.278. The van der Waals surface area contributed by atoms with Gasteiger partial charge < -0.3 is 9.47 Å². The first kappa shape index (κ1) is 21.3. The van der Waals surface area contributed by atoms with Crippen molar-refractivity contribution in [1.29, 1.82) is 0 Å². The molecule has 3 rings (SSSR count). The van der Waals surface area contributed by atoms with Crippen LogP contribution in [0.25, 0.3) is 0 Å². The maximum absolute atomic E-state index is 12.2. The molecule has 1 amide bonds. The molecule has 0 heterocycles. The maximum Gasteiger partial charge on any atom is 0.271 e. The third-order valence-electron chi connectivity index (χ3n) is 3.98. The van der Waals surface area contributed by atoms with E-state index < -0.39 is 0 Å². The zero-order valence-electron chi connectivity index (χ0n) is 15.6. The second-order valence-electron chi connectivity index (χ2n) is 6.00. The number of methoxy groups -OCH3 is 1. The zero-order valence-corrected chi connectivity index (χ0v) is 19.3. The van der Waals surface area contributed by atoms with Crippen molar-refractivity contribution in [3.63, 3.8) is 0 Å². The molecule has 0 bridgehead atoms. The fraction of sp³-hybridized carbons (Fsp3) is 0.0909. The van der Waals surface area contributed by atoms with Gasteiger partial charge in [0.1, 0.15) is 6.61 Å². The Balaban J connectivity index is 1.73. The summed E-state index contributed by atoms with van der Waals surface area (Å²) in [5.74, 6) is 0.875. The lowest BCUT2D eigenvalue weighted by Gasteiger charge is -2.13. The van der Waals surface area contributed by atoms with Crippen LogP contribution in [0, 0.1) is 3.57 Å². The molecular formula is C22H18BrIN2O3. The molecule has 3 aromatic carbocycles. The number of hydrogen-bond donors (Lipinski definition) is 1. The third kappa shape index (κ3) is 6.04. The Hall–Kier alpha value is -2.39. The molecule has 0 fully saturated rings. The molecule has 0 spiro atoms. The fourth-order valence-electron chi connectivity index (χ4n) is 2.54. The molecule has 29 heavy (non-hydrogen) atoms. The summed E-state index contributed by atoms with van der Waals surface area (Å²) in [7, 11) is 1.58. The molecule has 0 saturated carbocycles. The minimum atomic E-state index is -0.278. The van der Waals surface area contributed by atoms with Gasteiger partial charge in [-0.1, -0.05) is 40.2 Å². The SMILES string of the molecule is COc1cccc(/C=N\NC(=O)c2cccc(I)c2)c1OCc1ccc(Br)cc1. The van der Waals surface area contributed by atoms with Crippen molar-refractivity contribution in [3.05, 3.63) is 91.5 Å². The Kier molecular flexibility index (Phi) is 7.65. The predicted molar refractivity (Wildman–Crippen MR) is 126 cm³/mol. The van der Waals surface area contributed by atoms with Crippen LogP contribution in [-0.2, 0) is 6.61 Å². The van der Waals surface area contributed by atoms with Gasteiger partial charge in [-0.2, -0.15) is 5.10 Å². The van der Waals surface area contributed by atoms with Crippen molar-refractivity contribution in [1.82, 2.24) is 5.43 Å². The van der Waals surface area contributed by atoms with Gasteiger partial charge in [-0.15, -0.1) is 0 Å². The highest BCUT2D eigenvalue weighted by molar-refractivity contribution is 14.1. The smallest absolute Gasteiger partial charge is 0.271 e. The van der Waals surface area contributed by atoms with E-state index in [2.05, 4.69) is 49.0 Å². The van der Waals surface area contributed by atoms with Crippen LogP contribution in [0.15, 0.2) is 76.3 Å². The van der Waals surface area contributed by atoms with Gasteiger partial charge in [-0.3, -0.25) is 4.79 Å². The molecule has 0 saturated heterocycles. The number of halogens is 2. The molecule has 0 radical (unpaired) electrons. The highest BCUT2D eigenvalue weighted by Gasteiger charge is 2.10. The Morgan fingerprint density at radius 3 is 2.62 bits per heavy atom. The molecular weight excluding hydrogens is 547 g/mol. The second kappa shape index (κ2) is 10.4. The van der Waals surface area contributed by atoms with Gasteiger partial charge in [-0.25, -0.2) is 5.43 Å². The minimum Gasteiger partial charge on any atom is -0.493 e. The van der Waals surface area contributed by atoms with Crippen LogP contribution in [-0.4, -0.2) is 19.2 Å². The average molecular weight is 565 g/mol. The van der Waals surface area contributed by atoms with Crippen LogP contribution in [0.4, 0.5) is 0 Å². The van der Waals surface area contributed by atoms with E-state index in [4.69, 9.17) is 9.47 Å². The number of rotatable bonds is 7. The highest BCUT2D eigenvalue weighted by Crippen LogP contribution is 2.31. The number of nitrogens with one attached hydrogen (secondary N) is 1. The van der Waals surface area contributed by atoms with Crippen LogP contribution in [0.2, 0.25) is 0 Å². The maximum atomic E-state index is 12.2. The van der Waals surface area contributed by atoms with E-state index in [1.54, 1.807) is 25.5 Å². The van der Waals surface area contributed by atoms with Gasteiger partial charge in [0.15, 0.2) is 11.5 Å². The molecule has 1 N–H and O–H groups in total. The molecule has 0 aliphatic heterocycles. The molecule has 0 aliphatic carbocycles. The van der Waals surface area contributed by atoms with Crippen molar-refractivity contribution >= 4 is 50.6 Å². The monoisotopic (exact) mass is 564 g/mol. The first-order valence-corrected chi connectivity index (χ1v) is 10.6. The zero-order chi connectivity index (χ0) is 20.6. The van der Waals surface area contributed by atoms with Crippen molar-refractivity contribution in [2.24, 2.45) is 5.10 Å². The van der Waals surface area contributed by atoms with Gasteiger partial charge in [-0.05, 0) is 70.6 Å². The highest BCUT2D eigenvalue weighted by atomic mass is 127. The summed E-state index contributed by atoms with van der Waals surface area (Å²) in [5, 5.41) is 4.08. The fourth-order valence-corrected chi connectivity index (χ4v) is 3.35. The standard InChI is InChI=1S/C22H18BrIN2O3/c1-28-20-7-3-5-17(21(20)29-14-15-8-10-18(23)11-9-15)13-25-26-22(27)16-4-2-6-19(24)12-16/h2-13H,14H2,1H3,(H,26,27)/b25-13-. The summed E-state index contributed by atoms with van der Waals surface area (Å²) in [6.45, 7) is 0.378. The second-order valence-corrected chi connectivity index (χ2v) is 8.16. The van der Waals surface area contributed by atoms with E-state index in [9.17, 15) is 4.79 Å². The molecule has 7 heteroatoms. The summed E-state index contributed by atoms with van der Waals surface area (Å²) in [4.78, 5) is 12.2. The summed E-state index contributed by atoms with van der Waals surface area (Å²) in [6.07, 6.45) is 1.55. The van der Waals surface area contributed by atoms with E-state index >= 15 is 0 Å². The Morgan fingerprint density at radius 2 is 1.90 bits per heavy atom. The van der Waals surface area contributed by atoms with E-state index in [0.717, 1.165) is 13.6 Å². The Bertz CT molecular complexity index is 1020. The normalized spacial score (nSPS) is 10.7. The van der Waals surface area contributed by atoms with Gasteiger partial charge in [0.25, 0.3) is 5.91 Å². The third-order valence-corrected chi connectivity index (χ3v) is 5.18. The van der Waals surface area contributed by atoms with Crippen LogP contribution < -0.4 is 14.9 Å². The van der Waals surface area contributed by atoms with Gasteiger partial charge in [0.2, 0.25) is 0 Å². The molecule has 0 atom stereocenters. The number of ether oxygens (including phenoxy) is 2. The van der Waals surface area contributed by atoms with Crippen molar-refractivity contribution < 1.29 is 14.3 Å². The Labute approximate surface area is 191 Å². The Morgan fingerprint density at radius 1 is 1.14 bits per heavy atom. The van der Waals surface area contributed by atoms with Crippen LogP contribution in [0.5, 0.6) is 11.5 Å². The summed E-state index contributed by atoms with van der Waals surface area (Å²) < 4.78 is 13.4. The van der Waals surface area contributed by atoms with Crippen LogP contribution in [0.3, 0.4) is 0 Å². The average Bonchev–Trinajstić information content (AvgIpc) is 2.73. The number of hydrazone groups is 1. The lowest BCUT2D eigenvalue weighted by atomic mass is 10.2. The number of hydrogen-bond acceptors (Lipinski definition) is 4. The van der Waals surface area contributed by atoms with Crippen LogP contribution in [0.1, 0.15) is 21.5 Å². The lowest BCUT2D eigenvalue weighted by Crippen LogP contribution is -2.17. The number of amides is 1. The van der Waals surface area contributed by atoms with Crippen LogP contribution >= 0.6 is 38.5 Å². The molecule has 0 aliphatic rings. The number of carbonyl (C=O) groups is 1. The largest absolute Gasteiger partial charge is 0.493 e. The van der Waals surface area contributed by atoms with Crippen molar-refractivity contribution in [3.8, 4) is 11.5 Å². The van der Waals surface area contributed by atoms with E-state index in [-0.39, 0.29) is 5.91 Å². The van der Waals surface area contributed by atoms with E-state index in [0.29, 0.717) is 29.2 Å². The summed E-state index contributed by atoms with van der Waals surface area (Å²) in [5.41, 5.74) is 4.81. The number of nitrogens with zero attached hydrogens (tertiary/aromatic N) is 1. The molecule has 148 valence electrons. The summed E-state index contributed by atoms with van der Waals surface area (Å²) >= 11 is 5.59. The molecule has 0 aromatic heterocycles. The number of carbonyl (C=O) groups excluding carboxylic acids is 1. The first-order valence-electron chi connectivity index (χ1n) is 8.70. The lowest BCUT2D eigenvalue weighted by molar-refractivity contribution is 0.0955. The van der Waals surface area contributed by atoms with Gasteiger partial charge in [0, 0.05) is 19.2 Å². The summed E-state index contributed by atoms with van der Waals surface area (Å²) in [6, 6.07) is 20.7. The van der Waals surface area contributed by atoms with Crippen molar-refractivity contribution in [2.75, 3.05) is 7.11 Å². The van der Waals surface area contributed by atoms with Gasteiger partial charge in [0.05, 0.1) is 13.3 Å². The van der Waals surface area contributed by atoms with Gasteiger partial charge >= 0.3 is 0 Å². The first-order chi connectivity index (χ1) is 14.1. The van der Waals surface area contributed by atoms with Crippen molar-refractivity contribution in [2.45, 2.75) is 6.61 Å². The van der Waals surface area contributed by atoms with E-state index in [1.807, 2.05) is 54.6 Å². The number of para-hydroxylation sites is 1. The van der Waals surface area contributed by atoms with E-state index in [1.165, 1.54) is 0 Å². The molecule has 0 unspecified atom stereocenters. The number of benzene rings is 3. The molecule has 3 aromatic rings. The molecule has 5 nitrogen and oxygen atoms in total. The topological polar surface area (TPSA) is 59.9 Å².